The van der Waals surface area contributed by atoms with Crippen LogP contribution in [0, 0.1) is 0 Å². The number of Topliss-reactive ketones (excluding diaryl/α,β-unsaturated/α-hetero) is 1. The van der Waals surface area contributed by atoms with Crippen LogP contribution >= 0.6 is 11.6 Å². The summed E-state index contributed by atoms with van der Waals surface area (Å²) in [6, 6.07) is 13.5. The zero-order chi connectivity index (χ0) is 16.7. The molecular formula is C18H17ClO4. The van der Waals surface area contributed by atoms with Gasteiger partial charge in [-0.15, -0.1) is 0 Å². The van der Waals surface area contributed by atoms with Crippen LogP contribution in [0.5, 0.6) is 11.5 Å². The van der Waals surface area contributed by atoms with E-state index in [9.17, 15) is 9.59 Å². The quantitative estimate of drug-likeness (QED) is 0.328. The number of carbonyl (C=O) groups is 2. The highest BCUT2D eigenvalue weighted by Crippen LogP contribution is 2.16. The molecule has 2 aromatic carbocycles. The van der Waals surface area contributed by atoms with E-state index in [1.807, 2.05) is 0 Å². The Morgan fingerprint density at radius 3 is 2.17 bits per heavy atom. The number of rotatable bonds is 7. The number of ketones is 1. The Morgan fingerprint density at radius 2 is 1.57 bits per heavy atom. The van der Waals surface area contributed by atoms with Crippen molar-refractivity contribution in [2.24, 2.45) is 0 Å². The molecule has 0 spiro atoms. The lowest BCUT2D eigenvalue weighted by atomic mass is 10.1. The van der Waals surface area contributed by atoms with Gasteiger partial charge in [0, 0.05) is 17.0 Å². The third kappa shape index (κ3) is 5.75. The van der Waals surface area contributed by atoms with Gasteiger partial charge in [-0.25, -0.2) is 0 Å². The summed E-state index contributed by atoms with van der Waals surface area (Å²) in [4.78, 5) is 22.9. The molecule has 0 bridgehead atoms. The average Bonchev–Trinajstić information content (AvgIpc) is 2.54. The van der Waals surface area contributed by atoms with Crippen LogP contribution in [0.1, 0.15) is 30.1 Å². The van der Waals surface area contributed by atoms with Gasteiger partial charge in [0.1, 0.15) is 11.5 Å². The highest BCUT2D eigenvalue weighted by Gasteiger charge is 2.06. The molecule has 0 saturated heterocycles. The van der Waals surface area contributed by atoms with Crippen LogP contribution in [0.4, 0.5) is 0 Å². The normalized spacial score (nSPS) is 10.2. The summed E-state index contributed by atoms with van der Waals surface area (Å²) in [6.07, 6.45) is 0.801. The van der Waals surface area contributed by atoms with Gasteiger partial charge in [0.15, 0.2) is 5.78 Å². The predicted molar refractivity (Wildman–Crippen MR) is 88.3 cm³/mol. The Morgan fingerprint density at radius 1 is 0.957 bits per heavy atom. The fraction of sp³-hybridized carbons (Fsp3) is 0.222. The first-order valence-electron chi connectivity index (χ1n) is 7.24. The van der Waals surface area contributed by atoms with Crippen molar-refractivity contribution in [1.82, 2.24) is 0 Å². The maximum absolute atomic E-state index is 11.7. The molecule has 0 heterocycles. The number of hydrogen-bond donors (Lipinski definition) is 0. The van der Waals surface area contributed by atoms with E-state index >= 15 is 0 Å². The van der Waals surface area contributed by atoms with E-state index in [2.05, 4.69) is 0 Å². The zero-order valence-corrected chi connectivity index (χ0v) is 13.5. The predicted octanol–water partition coefficient (Wildman–Crippen LogP) is 4.31. The van der Waals surface area contributed by atoms with Crippen molar-refractivity contribution < 1.29 is 19.1 Å². The van der Waals surface area contributed by atoms with E-state index < -0.39 is 0 Å². The second kappa shape index (κ2) is 8.34. The van der Waals surface area contributed by atoms with E-state index in [1.54, 1.807) is 48.5 Å². The number of benzene rings is 2. The van der Waals surface area contributed by atoms with Crippen molar-refractivity contribution >= 4 is 23.4 Å². The van der Waals surface area contributed by atoms with E-state index in [-0.39, 0.29) is 18.2 Å². The second-order valence-corrected chi connectivity index (χ2v) is 5.40. The molecule has 0 saturated carbocycles. The smallest absolute Gasteiger partial charge is 0.311 e. The van der Waals surface area contributed by atoms with Gasteiger partial charge in [0.2, 0.25) is 0 Å². The van der Waals surface area contributed by atoms with E-state index in [0.717, 1.165) is 0 Å². The van der Waals surface area contributed by atoms with Gasteiger partial charge >= 0.3 is 5.97 Å². The standard InChI is InChI=1S/C18H17ClO4/c1-13(20)14-4-8-17(9-5-14)23-18(21)3-2-12-22-16-10-6-15(19)7-11-16/h4-11H,2-3,12H2,1H3. The first-order valence-corrected chi connectivity index (χ1v) is 7.62. The summed E-state index contributed by atoms with van der Waals surface area (Å²) in [7, 11) is 0. The molecule has 0 amide bonds. The minimum Gasteiger partial charge on any atom is -0.494 e. The number of halogens is 1. The largest absolute Gasteiger partial charge is 0.494 e. The SMILES string of the molecule is CC(=O)c1ccc(OC(=O)CCCOc2ccc(Cl)cc2)cc1. The third-order valence-electron chi connectivity index (χ3n) is 3.10. The monoisotopic (exact) mass is 332 g/mol. The summed E-state index contributed by atoms with van der Waals surface area (Å²) < 4.78 is 10.7. The number of hydrogen-bond acceptors (Lipinski definition) is 4. The van der Waals surface area contributed by atoms with Crippen molar-refractivity contribution in [3.63, 3.8) is 0 Å². The Kier molecular flexibility index (Phi) is 6.18. The number of ether oxygens (including phenoxy) is 2. The molecular weight excluding hydrogens is 316 g/mol. The number of carbonyl (C=O) groups excluding carboxylic acids is 2. The summed E-state index contributed by atoms with van der Waals surface area (Å²) in [5.74, 6) is 0.781. The molecule has 0 aliphatic heterocycles. The lowest BCUT2D eigenvalue weighted by Crippen LogP contribution is -2.10. The van der Waals surface area contributed by atoms with Gasteiger partial charge in [-0.2, -0.15) is 0 Å². The minimum absolute atomic E-state index is 0.0257. The molecule has 23 heavy (non-hydrogen) atoms. The summed E-state index contributed by atoms with van der Waals surface area (Å²) in [5, 5.41) is 0.650. The van der Waals surface area contributed by atoms with Crippen molar-refractivity contribution in [3.8, 4) is 11.5 Å². The molecule has 0 aliphatic rings. The zero-order valence-electron chi connectivity index (χ0n) is 12.8. The molecule has 0 aliphatic carbocycles. The fourth-order valence-electron chi connectivity index (χ4n) is 1.88. The van der Waals surface area contributed by atoms with E-state index in [1.165, 1.54) is 6.92 Å². The van der Waals surface area contributed by atoms with Gasteiger partial charge in [-0.3, -0.25) is 9.59 Å². The summed E-state index contributed by atoms with van der Waals surface area (Å²) in [5.41, 5.74) is 0.584. The molecule has 0 atom stereocenters. The van der Waals surface area contributed by atoms with Gasteiger partial charge in [-0.1, -0.05) is 11.6 Å². The Labute approximate surface area is 140 Å². The van der Waals surface area contributed by atoms with E-state index in [0.29, 0.717) is 35.1 Å². The van der Waals surface area contributed by atoms with Crippen molar-refractivity contribution in [3.05, 3.63) is 59.1 Å². The molecule has 0 fully saturated rings. The first kappa shape index (κ1) is 17.0. The molecule has 0 radical (unpaired) electrons. The highest BCUT2D eigenvalue weighted by atomic mass is 35.5. The molecule has 4 nitrogen and oxygen atoms in total. The van der Waals surface area contributed by atoms with Crippen LogP contribution in [0.15, 0.2) is 48.5 Å². The van der Waals surface area contributed by atoms with Crippen molar-refractivity contribution in [2.45, 2.75) is 19.8 Å². The van der Waals surface area contributed by atoms with Crippen LogP contribution in [0.2, 0.25) is 5.02 Å². The molecule has 2 aromatic rings. The van der Waals surface area contributed by atoms with Crippen molar-refractivity contribution in [1.29, 1.82) is 0 Å². The molecule has 0 unspecified atom stereocenters. The topological polar surface area (TPSA) is 52.6 Å². The lowest BCUT2D eigenvalue weighted by molar-refractivity contribution is -0.134. The summed E-state index contributed by atoms with van der Waals surface area (Å²) >= 11 is 5.78. The van der Waals surface area contributed by atoms with Gasteiger partial charge < -0.3 is 9.47 Å². The van der Waals surface area contributed by atoms with Crippen LogP contribution in [-0.4, -0.2) is 18.4 Å². The minimum atomic E-state index is -0.333. The Hall–Kier alpha value is -2.33. The molecule has 2 rings (SSSR count). The third-order valence-corrected chi connectivity index (χ3v) is 3.35. The molecule has 0 N–H and O–H groups in total. The van der Waals surface area contributed by atoms with Crippen LogP contribution in [0.25, 0.3) is 0 Å². The maximum Gasteiger partial charge on any atom is 0.311 e. The second-order valence-electron chi connectivity index (χ2n) is 4.96. The first-order chi connectivity index (χ1) is 11.0. The Balaban J connectivity index is 1.70. The summed E-state index contributed by atoms with van der Waals surface area (Å²) in [6.45, 7) is 1.90. The van der Waals surface area contributed by atoms with Crippen LogP contribution in [0.3, 0.4) is 0 Å². The number of esters is 1. The van der Waals surface area contributed by atoms with Gasteiger partial charge in [-0.05, 0) is 61.9 Å². The van der Waals surface area contributed by atoms with Gasteiger partial charge in [0.05, 0.1) is 6.61 Å². The molecule has 120 valence electrons. The molecule has 5 heteroatoms. The van der Waals surface area contributed by atoms with Crippen molar-refractivity contribution in [2.75, 3.05) is 6.61 Å². The highest BCUT2D eigenvalue weighted by molar-refractivity contribution is 6.30. The van der Waals surface area contributed by atoms with E-state index in [4.69, 9.17) is 21.1 Å². The Bertz CT molecular complexity index is 662. The van der Waals surface area contributed by atoms with Gasteiger partial charge in [0.25, 0.3) is 0 Å². The molecule has 0 aromatic heterocycles. The van der Waals surface area contributed by atoms with Crippen LogP contribution < -0.4 is 9.47 Å². The average molecular weight is 333 g/mol. The maximum atomic E-state index is 11.7. The lowest BCUT2D eigenvalue weighted by Gasteiger charge is -2.07. The van der Waals surface area contributed by atoms with Crippen LogP contribution in [-0.2, 0) is 4.79 Å². The fourth-order valence-corrected chi connectivity index (χ4v) is 2.00.